The number of ketones is 2. The molecule has 2 unspecified atom stereocenters. The molecule has 7 heteroatoms. The lowest BCUT2D eigenvalue weighted by atomic mass is 9.47. The van der Waals surface area contributed by atoms with Crippen LogP contribution in [0, 0.1) is 34.5 Å². The van der Waals surface area contributed by atoms with Crippen LogP contribution in [0.2, 0.25) is 0 Å². The molecule has 0 amide bonds. The molecule has 192 valence electrons. The first kappa shape index (κ1) is 26.1. The van der Waals surface area contributed by atoms with Crippen LogP contribution in [0.3, 0.4) is 0 Å². The number of carbonyl (C=O) groups excluding carboxylic acids is 4. The summed E-state index contributed by atoms with van der Waals surface area (Å²) in [7, 11) is 0. The third-order valence-electron chi connectivity index (χ3n) is 9.63. The topological polar surface area (TPSA) is 86.7 Å². The van der Waals surface area contributed by atoms with E-state index in [1.807, 2.05) is 19.9 Å². The molecule has 3 fully saturated rings. The number of hydrogen-bond acceptors (Lipinski definition) is 6. The number of fused-ring (bicyclic) bond motifs is 5. The smallest absolute Gasteiger partial charge is 0.306 e. The normalized spacial score (nSPS) is 41.8. The van der Waals surface area contributed by atoms with Crippen molar-refractivity contribution in [2.45, 2.75) is 84.1 Å². The Balaban J connectivity index is 1.76. The van der Waals surface area contributed by atoms with E-state index in [2.05, 4.69) is 6.92 Å². The minimum atomic E-state index is -1.40. The van der Waals surface area contributed by atoms with Crippen LogP contribution in [0.5, 0.6) is 0 Å². The van der Waals surface area contributed by atoms with Crippen molar-refractivity contribution in [2.75, 3.05) is 6.61 Å². The number of ether oxygens (including phenoxy) is 2. The minimum absolute atomic E-state index is 0.0231. The molecule has 8 atom stereocenters. The third kappa shape index (κ3) is 3.82. The molecule has 0 aromatic carbocycles. The fourth-order valence-electron chi connectivity index (χ4n) is 8.05. The van der Waals surface area contributed by atoms with E-state index in [1.54, 1.807) is 26.0 Å². The van der Waals surface area contributed by atoms with Gasteiger partial charge in [0.25, 0.3) is 0 Å². The van der Waals surface area contributed by atoms with Gasteiger partial charge in [-0.15, -0.1) is 11.6 Å². The summed E-state index contributed by atoms with van der Waals surface area (Å²) in [4.78, 5) is 50.5. The number of halogens is 1. The standard InChI is InChI=1S/C28H37ClO6/c1-6-23(32)34-15-22(31)28(35-24(33)7-2)16(3)12-20-19-9-8-17-13-18(30)10-11-26(17,4)25(19)21(29)14-27(20,28)5/h10-11,13,16,19-21,25H,6-9,12,14-15H2,1-5H3/t16?,19-,20-,21?,25+,26-,27-,28-/m0/s1. The van der Waals surface area contributed by atoms with E-state index in [1.165, 1.54) is 0 Å². The number of alkyl halides is 1. The lowest BCUT2D eigenvalue weighted by molar-refractivity contribution is -0.196. The highest BCUT2D eigenvalue weighted by Gasteiger charge is 2.72. The Labute approximate surface area is 212 Å². The van der Waals surface area contributed by atoms with Crippen LogP contribution in [0.15, 0.2) is 23.8 Å². The first-order valence-electron chi connectivity index (χ1n) is 12.9. The average molecular weight is 505 g/mol. The first-order valence-corrected chi connectivity index (χ1v) is 13.4. The molecule has 4 aliphatic carbocycles. The summed E-state index contributed by atoms with van der Waals surface area (Å²) in [5.41, 5.74) is -1.25. The highest BCUT2D eigenvalue weighted by molar-refractivity contribution is 6.21. The van der Waals surface area contributed by atoms with Gasteiger partial charge in [-0.2, -0.15) is 0 Å². The fraction of sp³-hybridized carbons (Fsp3) is 0.714. The molecule has 0 aromatic heterocycles. The zero-order chi connectivity index (χ0) is 25.8. The second kappa shape index (κ2) is 9.17. The quantitative estimate of drug-likeness (QED) is 0.375. The van der Waals surface area contributed by atoms with Gasteiger partial charge in [-0.3, -0.25) is 19.2 Å². The molecule has 35 heavy (non-hydrogen) atoms. The summed E-state index contributed by atoms with van der Waals surface area (Å²) in [6.07, 6.45) is 8.67. The van der Waals surface area contributed by atoms with Gasteiger partial charge in [0.1, 0.15) is 0 Å². The van der Waals surface area contributed by atoms with Gasteiger partial charge < -0.3 is 9.47 Å². The van der Waals surface area contributed by atoms with E-state index in [9.17, 15) is 19.2 Å². The van der Waals surface area contributed by atoms with Crippen LogP contribution in [-0.2, 0) is 28.7 Å². The Morgan fingerprint density at radius 2 is 1.83 bits per heavy atom. The number of carbonyl (C=O) groups is 4. The van der Waals surface area contributed by atoms with Crippen molar-refractivity contribution in [3.05, 3.63) is 23.8 Å². The zero-order valence-electron chi connectivity index (χ0n) is 21.4. The molecule has 3 saturated carbocycles. The first-order chi connectivity index (χ1) is 16.4. The Bertz CT molecular complexity index is 999. The van der Waals surface area contributed by atoms with Crippen molar-refractivity contribution in [1.82, 2.24) is 0 Å². The van der Waals surface area contributed by atoms with Crippen LogP contribution >= 0.6 is 11.6 Å². The van der Waals surface area contributed by atoms with Gasteiger partial charge in [0.2, 0.25) is 5.78 Å². The van der Waals surface area contributed by atoms with Gasteiger partial charge in [-0.25, -0.2) is 0 Å². The van der Waals surface area contributed by atoms with Crippen LogP contribution in [0.1, 0.15) is 73.1 Å². The van der Waals surface area contributed by atoms with Crippen LogP contribution in [-0.4, -0.2) is 41.1 Å². The zero-order valence-corrected chi connectivity index (χ0v) is 22.2. The molecule has 0 radical (unpaired) electrons. The minimum Gasteiger partial charge on any atom is -0.457 e. The lowest BCUT2D eigenvalue weighted by Gasteiger charge is -2.60. The van der Waals surface area contributed by atoms with Gasteiger partial charge in [0.05, 0.1) is 0 Å². The maximum absolute atomic E-state index is 13.8. The second-order valence-corrected chi connectivity index (χ2v) is 11.9. The monoisotopic (exact) mass is 504 g/mol. The summed E-state index contributed by atoms with van der Waals surface area (Å²) in [5, 5.41) is -0.274. The fourth-order valence-corrected chi connectivity index (χ4v) is 8.82. The van der Waals surface area contributed by atoms with E-state index in [4.69, 9.17) is 21.1 Å². The van der Waals surface area contributed by atoms with Gasteiger partial charge >= 0.3 is 11.9 Å². The van der Waals surface area contributed by atoms with Crippen LogP contribution in [0.25, 0.3) is 0 Å². The Kier molecular flexibility index (Phi) is 6.84. The van der Waals surface area contributed by atoms with E-state index in [-0.39, 0.29) is 58.9 Å². The number of allylic oxidation sites excluding steroid dienone is 4. The highest BCUT2D eigenvalue weighted by atomic mass is 35.5. The van der Waals surface area contributed by atoms with Crippen LogP contribution < -0.4 is 0 Å². The third-order valence-corrected chi connectivity index (χ3v) is 10.1. The second-order valence-electron chi connectivity index (χ2n) is 11.3. The summed E-state index contributed by atoms with van der Waals surface area (Å²) in [5.74, 6) is -1.02. The molecule has 0 aliphatic heterocycles. The molecule has 0 spiro atoms. The molecular weight excluding hydrogens is 468 g/mol. The molecule has 0 saturated heterocycles. The molecule has 4 rings (SSSR count). The molecule has 0 bridgehead atoms. The number of rotatable bonds is 6. The largest absolute Gasteiger partial charge is 0.457 e. The van der Waals surface area contributed by atoms with Crippen molar-refractivity contribution in [1.29, 1.82) is 0 Å². The Morgan fingerprint density at radius 1 is 1.14 bits per heavy atom. The average Bonchev–Trinajstić information content (AvgIpc) is 3.04. The maximum Gasteiger partial charge on any atom is 0.306 e. The SMILES string of the molecule is CCC(=O)OCC(=O)[C@@]1(OC(=O)CC)C(C)C[C@H]2[C@@H]3CCC4=CC(=O)C=C[C@]4(C)[C@H]3C(Cl)C[C@@]21C. The van der Waals surface area contributed by atoms with Crippen molar-refractivity contribution < 1.29 is 28.7 Å². The van der Waals surface area contributed by atoms with Crippen molar-refractivity contribution in [3.8, 4) is 0 Å². The Morgan fingerprint density at radius 3 is 2.49 bits per heavy atom. The Hall–Kier alpha value is -1.95. The molecule has 4 aliphatic rings. The van der Waals surface area contributed by atoms with Crippen molar-refractivity contribution in [3.63, 3.8) is 0 Å². The lowest BCUT2D eigenvalue weighted by Crippen LogP contribution is -2.63. The predicted octanol–water partition coefficient (Wildman–Crippen LogP) is 4.97. The van der Waals surface area contributed by atoms with Gasteiger partial charge in [-0.1, -0.05) is 46.3 Å². The van der Waals surface area contributed by atoms with Crippen molar-refractivity contribution in [2.24, 2.45) is 34.5 Å². The summed E-state index contributed by atoms with van der Waals surface area (Å²) >= 11 is 7.21. The highest BCUT2D eigenvalue weighted by Crippen LogP contribution is 2.70. The predicted molar refractivity (Wildman–Crippen MR) is 132 cm³/mol. The van der Waals surface area contributed by atoms with Gasteiger partial charge in [-0.05, 0) is 55.6 Å². The molecule has 6 nitrogen and oxygen atoms in total. The number of hydrogen-bond donors (Lipinski definition) is 0. The van der Waals surface area contributed by atoms with Gasteiger partial charge in [0.15, 0.2) is 18.0 Å². The van der Waals surface area contributed by atoms with E-state index >= 15 is 0 Å². The molecule has 0 aromatic rings. The van der Waals surface area contributed by atoms with E-state index in [0.717, 1.165) is 24.8 Å². The van der Waals surface area contributed by atoms with Crippen molar-refractivity contribution >= 4 is 35.1 Å². The number of Topliss-reactive ketones (excluding diaryl/α,β-unsaturated/α-hetero) is 1. The van der Waals surface area contributed by atoms with E-state index < -0.39 is 29.6 Å². The number of esters is 2. The summed E-state index contributed by atoms with van der Waals surface area (Å²) in [6, 6.07) is 0. The van der Waals surface area contributed by atoms with Gasteiger partial charge in [0, 0.05) is 35.0 Å². The van der Waals surface area contributed by atoms with Crippen LogP contribution in [0.4, 0.5) is 0 Å². The maximum atomic E-state index is 13.8. The van der Waals surface area contributed by atoms with E-state index in [0.29, 0.717) is 6.42 Å². The summed E-state index contributed by atoms with van der Waals surface area (Å²) < 4.78 is 11.4. The summed E-state index contributed by atoms with van der Waals surface area (Å²) in [6.45, 7) is 9.17. The molecular formula is C28H37ClO6. The molecule has 0 N–H and O–H groups in total. The molecule has 0 heterocycles.